The maximum absolute atomic E-state index is 12.5. The number of halogens is 4. The van der Waals surface area contributed by atoms with E-state index in [4.69, 9.17) is 52.1 Å². The number of amides is 1. The van der Waals surface area contributed by atoms with Crippen molar-refractivity contribution in [3.63, 3.8) is 0 Å². The second kappa shape index (κ2) is 18.5. The molecule has 3 heterocycles. The molecule has 2 fully saturated rings. The first kappa shape index (κ1) is 38.3. The summed E-state index contributed by atoms with van der Waals surface area (Å²) in [6.07, 6.45) is 0.406. The van der Waals surface area contributed by atoms with Gasteiger partial charge in [-0.3, -0.25) is 14.6 Å². The molecule has 1 amide bonds. The highest BCUT2D eigenvalue weighted by molar-refractivity contribution is 7.10. The standard InChI is InChI=1S/C23H23Cl2N3OS.C17H19Cl2N3/c24-19-8-7-17(14-20(19)25)16-27-9-11-28(12-10-27)22-6-2-1-5-21(22)26-23(29)15-18-4-3-13-30-18;18-14-6-5-13(11-15(14)19)12-21-7-9-22(10-8-21)17-4-2-1-3-16(17)20/h1-8,13-14H,9-12,15-16H2,(H,26,29);1-6,11H,7-10,12,20H2. The molecule has 5 aromatic rings. The van der Waals surface area contributed by atoms with Crippen LogP contribution in [0.4, 0.5) is 22.7 Å². The molecule has 4 aromatic carbocycles. The van der Waals surface area contributed by atoms with Crippen molar-refractivity contribution in [1.29, 1.82) is 0 Å². The van der Waals surface area contributed by atoms with Crippen molar-refractivity contribution >= 4 is 86.4 Å². The fourth-order valence-corrected chi connectivity index (χ4v) is 7.83. The van der Waals surface area contributed by atoms with Gasteiger partial charge in [0.1, 0.15) is 0 Å². The topological polar surface area (TPSA) is 68.1 Å². The molecule has 7 nitrogen and oxygen atoms in total. The summed E-state index contributed by atoms with van der Waals surface area (Å²) < 4.78 is 0. The molecule has 0 spiro atoms. The lowest BCUT2D eigenvalue weighted by atomic mass is 10.1. The zero-order chi connectivity index (χ0) is 36.5. The van der Waals surface area contributed by atoms with Crippen LogP contribution in [0.2, 0.25) is 20.1 Å². The molecule has 0 saturated carbocycles. The highest BCUT2D eigenvalue weighted by Crippen LogP contribution is 2.29. The zero-order valence-corrected chi connectivity index (χ0v) is 32.6. The maximum atomic E-state index is 12.5. The summed E-state index contributed by atoms with van der Waals surface area (Å²) in [6.45, 7) is 9.42. The van der Waals surface area contributed by atoms with Gasteiger partial charge in [-0.1, -0.05) is 88.9 Å². The molecule has 1 aromatic heterocycles. The highest BCUT2D eigenvalue weighted by atomic mass is 35.5. The van der Waals surface area contributed by atoms with Crippen LogP contribution in [0, 0.1) is 0 Å². The summed E-state index contributed by atoms with van der Waals surface area (Å²) in [5, 5.41) is 7.50. The van der Waals surface area contributed by atoms with Gasteiger partial charge in [0.2, 0.25) is 5.91 Å². The first-order valence-electron chi connectivity index (χ1n) is 17.3. The van der Waals surface area contributed by atoms with Gasteiger partial charge in [0, 0.05) is 70.3 Å². The van der Waals surface area contributed by atoms with Gasteiger partial charge in [-0.05, 0) is 71.1 Å². The van der Waals surface area contributed by atoms with E-state index >= 15 is 0 Å². The van der Waals surface area contributed by atoms with E-state index in [0.717, 1.165) is 93.1 Å². The third-order valence-corrected chi connectivity index (χ3v) is 11.6. The van der Waals surface area contributed by atoms with Crippen molar-refractivity contribution in [1.82, 2.24) is 9.80 Å². The van der Waals surface area contributed by atoms with Gasteiger partial charge in [0.15, 0.2) is 0 Å². The van der Waals surface area contributed by atoms with E-state index in [-0.39, 0.29) is 5.91 Å². The van der Waals surface area contributed by atoms with E-state index in [1.807, 2.05) is 90.3 Å². The van der Waals surface area contributed by atoms with E-state index in [9.17, 15) is 4.79 Å². The first-order valence-corrected chi connectivity index (χ1v) is 19.7. The van der Waals surface area contributed by atoms with E-state index in [1.54, 1.807) is 11.3 Å². The second-order valence-corrected chi connectivity index (χ2v) is 15.6. The lowest BCUT2D eigenvalue weighted by Crippen LogP contribution is -2.46. The number of anilines is 4. The number of benzene rings is 4. The number of carbonyl (C=O) groups is 1. The summed E-state index contributed by atoms with van der Waals surface area (Å²) in [5.41, 5.74) is 12.4. The predicted octanol–water partition coefficient (Wildman–Crippen LogP) is 9.46. The Labute approximate surface area is 330 Å². The molecule has 2 aliphatic rings. The van der Waals surface area contributed by atoms with E-state index in [2.05, 4.69) is 37.0 Å². The summed E-state index contributed by atoms with van der Waals surface area (Å²) in [4.78, 5) is 23.1. The van der Waals surface area contributed by atoms with Crippen molar-refractivity contribution in [3.8, 4) is 0 Å². The lowest BCUT2D eigenvalue weighted by molar-refractivity contribution is -0.115. The van der Waals surface area contributed by atoms with E-state index < -0.39 is 0 Å². The Morgan fingerprint density at radius 1 is 0.615 bits per heavy atom. The van der Waals surface area contributed by atoms with E-state index in [0.29, 0.717) is 26.5 Å². The van der Waals surface area contributed by atoms with Gasteiger partial charge in [-0.15, -0.1) is 11.3 Å². The fraction of sp³-hybridized carbons (Fsp3) is 0.275. The maximum Gasteiger partial charge on any atom is 0.229 e. The minimum absolute atomic E-state index is 0.0168. The van der Waals surface area contributed by atoms with Crippen LogP contribution in [0.5, 0.6) is 0 Å². The minimum atomic E-state index is 0.0168. The molecule has 0 aliphatic carbocycles. The van der Waals surface area contributed by atoms with Crippen LogP contribution >= 0.6 is 57.7 Å². The van der Waals surface area contributed by atoms with Crippen LogP contribution in [0.3, 0.4) is 0 Å². The van der Waals surface area contributed by atoms with Crippen LogP contribution in [0.1, 0.15) is 16.0 Å². The SMILES string of the molecule is Nc1ccccc1N1CCN(Cc2ccc(Cl)c(Cl)c2)CC1.O=C(Cc1cccs1)Nc1ccccc1N1CCN(Cc2ccc(Cl)c(Cl)c2)CC1. The number of hydrogen-bond acceptors (Lipinski definition) is 7. The summed E-state index contributed by atoms with van der Waals surface area (Å²) in [7, 11) is 0. The number of piperazine rings is 2. The summed E-state index contributed by atoms with van der Waals surface area (Å²) in [6, 6.07) is 31.7. The molecule has 0 unspecified atom stereocenters. The van der Waals surface area contributed by atoms with Crippen LogP contribution < -0.4 is 20.9 Å². The van der Waals surface area contributed by atoms with Crippen molar-refractivity contribution in [3.05, 3.63) is 139 Å². The number of nitrogens with zero attached hydrogens (tertiary/aromatic N) is 4. The summed E-state index contributed by atoms with van der Waals surface area (Å²) >= 11 is 25.8. The van der Waals surface area contributed by atoms with Crippen molar-refractivity contribution in [2.24, 2.45) is 0 Å². The number of nitrogen functional groups attached to an aromatic ring is 1. The number of hydrogen-bond donors (Lipinski definition) is 2. The average molecular weight is 797 g/mol. The fourth-order valence-electron chi connectivity index (χ4n) is 6.48. The molecule has 7 rings (SSSR count). The van der Waals surface area contributed by atoms with Crippen LogP contribution in [0.15, 0.2) is 102 Å². The molecule has 2 saturated heterocycles. The number of nitrogens with two attached hydrogens (primary N) is 1. The molecular weight excluding hydrogens is 754 g/mol. The Morgan fingerprint density at radius 2 is 1.13 bits per heavy atom. The number of thiophene rings is 1. The lowest BCUT2D eigenvalue weighted by Gasteiger charge is -2.37. The Kier molecular flexibility index (Phi) is 13.6. The Morgan fingerprint density at radius 3 is 1.65 bits per heavy atom. The summed E-state index contributed by atoms with van der Waals surface area (Å²) in [5.74, 6) is 0.0168. The average Bonchev–Trinajstić information content (AvgIpc) is 3.66. The minimum Gasteiger partial charge on any atom is -0.397 e. The first-order chi connectivity index (χ1) is 25.2. The van der Waals surface area contributed by atoms with Gasteiger partial charge in [-0.25, -0.2) is 0 Å². The number of para-hydroxylation sites is 4. The highest BCUT2D eigenvalue weighted by Gasteiger charge is 2.21. The van der Waals surface area contributed by atoms with Crippen molar-refractivity contribution in [2.45, 2.75) is 19.5 Å². The normalized spacial score (nSPS) is 15.2. The van der Waals surface area contributed by atoms with Crippen LogP contribution in [-0.4, -0.2) is 68.1 Å². The van der Waals surface area contributed by atoms with Crippen molar-refractivity contribution in [2.75, 3.05) is 73.2 Å². The third-order valence-electron chi connectivity index (χ3n) is 9.24. The second-order valence-electron chi connectivity index (χ2n) is 12.9. The molecule has 52 heavy (non-hydrogen) atoms. The largest absolute Gasteiger partial charge is 0.397 e. The Balaban J connectivity index is 0.000000187. The Hall–Kier alpha value is -3.47. The smallest absolute Gasteiger partial charge is 0.229 e. The van der Waals surface area contributed by atoms with Gasteiger partial charge in [0.25, 0.3) is 0 Å². The molecule has 0 atom stereocenters. The number of rotatable bonds is 9. The van der Waals surface area contributed by atoms with Gasteiger partial charge in [-0.2, -0.15) is 0 Å². The van der Waals surface area contributed by atoms with Crippen LogP contribution in [-0.2, 0) is 24.3 Å². The molecule has 2 aliphatic heterocycles. The Bertz CT molecular complexity index is 1930. The molecule has 0 bridgehead atoms. The quantitative estimate of drug-likeness (QED) is 0.145. The predicted molar refractivity (Wildman–Crippen MR) is 222 cm³/mol. The third kappa shape index (κ3) is 10.6. The van der Waals surface area contributed by atoms with Crippen molar-refractivity contribution < 1.29 is 4.79 Å². The van der Waals surface area contributed by atoms with Gasteiger partial charge >= 0.3 is 0 Å². The monoisotopic (exact) mass is 794 g/mol. The number of nitrogens with one attached hydrogen (secondary N) is 1. The zero-order valence-electron chi connectivity index (χ0n) is 28.8. The van der Waals surface area contributed by atoms with Gasteiger partial charge < -0.3 is 20.9 Å². The molecule has 3 N–H and O–H groups in total. The van der Waals surface area contributed by atoms with Gasteiger partial charge in [0.05, 0.1) is 49.3 Å². The molecule has 12 heteroatoms. The molecule has 272 valence electrons. The number of carbonyl (C=O) groups excluding carboxylic acids is 1. The van der Waals surface area contributed by atoms with Crippen LogP contribution in [0.25, 0.3) is 0 Å². The van der Waals surface area contributed by atoms with E-state index in [1.165, 1.54) is 11.1 Å². The molecule has 0 radical (unpaired) electrons. The molecular formula is C40H42Cl4N6OS.